The van der Waals surface area contributed by atoms with Crippen LogP contribution in [0.3, 0.4) is 0 Å². The van der Waals surface area contributed by atoms with E-state index in [1.54, 1.807) is 101 Å². The Labute approximate surface area is 836 Å². The van der Waals surface area contributed by atoms with Gasteiger partial charge in [-0.1, -0.05) is 168 Å². The third-order valence-corrected chi connectivity index (χ3v) is 26.7. The number of likely N-dealkylation sites (N-methyl/N-ethyl adjacent to an activating group) is 4. The molecule has 8 aromatic carbocycles. The van der Waals surface area contributed by atoms with Gasteiger partial charge in [0.2, 0.25) is 70.7 Å². The minimum atomic E-state index is -1.42. The molecule has 0 radical (unpaired) electrons. The van der Waals surface area contributed by atoms with Crippen molar-refractivity contribution in [1.29, 1.82) is 21.0 Å². The Hall–Kier alpha value is -10.5. The summed E-state index contributed by atoms with van der Waals surface area (Å²) in [6.45, 7) is 0. The molecule has 4 aromatic heterocycles. The van der Waals surface area contributed by atoms with Crippen molar-refractivity contribution in [3.8, 4) is 90.1 Å². The third kappa shape index (κ3) is 17.7. The highest BCUT2D eigenvalue weighted by Gasteiger charge is 2.65. The number of carbonyl (C=O) groups excluding carboxylic acids is 4. The van der Waals surface area contributed by atoms with Crippen molar-refractivity contribution >= 4 is 254 Å². The van der Waals surface area contributed by atoms with E-state index in [2.05, 4.69) is 44.2 Å². The highest BCUT2D eigenvalue weighted by Crippen LogP contribution is 2.63. The van der Waals surface area contributed by atoms with Crippen molar-refractivity contribution < 1.29 is 38.1 Å². The SMILES string of the molecule is CN1C(=O)[C@@]2(C(C#N)=C(N)Oc3nc(-c4ccccc4)sc32)c2cc(Cl)ccc21.CN1C(=O)[C@@]2(C(C#N)=C(N)Oc3nc(-c4ccccc4)sc32)c2cc(Cl)ccc21.CN1C(=O)[C@@]2(C(C#N)=C(N)Oc3nc(-c4ccccc4)sc32)c2cc(Cl)ccc21.CN1C(=O)[C@@]2(C(C#N)=C(N)Oc3nc(-c4ccccc4)sc32)c2cc(Cl)ccc21.ClCCl.ClCCl.ClCCl.ClCCl.ClCCl. The Morgan fingerprint density at radius 1 is 0.305 bits per heavy atom. The number of rotatable bonds is 4. The lowest BCUT2D eigenvalue weighted by molar-refractivity contribution is -0.121. The van der Waals surface area contributed by atoms with Crippen molar-refractivity contribution in [2.45, 2.75) is 21.7 Å². The first-order chi connectivity index (χ1) is 63.0. The third-order valence-electron chi connectivity index (χ3n) is 21.0. The Morgan fingerprint density at radius 3 is 0.634 bits per heavy atom. The van der Waals surface area contributed by atoms with Gasteiger partial charge in [0.05, 0.1) is 46.2 Å². The number of amides is 4. The summed E-state index contributed by atoms with van der Waals surface area (Å²) in [5, 5.41) is 45.3. The molecule has 0 fully saturated rings. The molecular weight excluding hydrogens is 2050 g/mol. The fraction of sp³-hybridized carbons (Fsp3) is 0.146. The highest BCUT2D eigenvalue weighted by molar-refractivity contribution is 7.17. The van der Waals surface area contributed by atoms with Gasteiger partial charge >= 0.3 is 0 Å². The maximum Gasteiger partial charge on any atom is 0.248 e. The number of carbonyl (C=O) groups is 4. The van der Waals surface area contributed by atoms with E-state index < -0.39 is 21.7 Å². The minimum Gasteiger partial charge on any atom is -0.421 e. The number of alkyl halides is 10. The summed E-state index contributed by atoms with van der Waals surface area (Å²) < 4.78 is 22.7. The van der Waals surface area contributed by atoms with E-state index >= 15 is 0 Å². The minimum absolute atomic E-state index is 0.0473. The zero-order chi connectivity index (χ0) is 94.9. The van der Waals surface area contributed by atoms with Gasteiger partial charge in [0, 0.05) is 116 Å². The summed E-state index contributed by atoms with van der Waals surface area (Å²) in [5.74, 6) is -0.717. The molecule has 668 valence electrons. The number of hydrogen-bond acceptors (Lipinski definition) is 24. The second-order valence-electron chi connectivity index (χ2n) is 27.5. The van der Waals surface area contributed by atoms with Crippen LogP contribution in [0.2, 0.25) is 20.1 Å². The molecule has 8 aliphatic rings. The van der Waals surface area contributed by atoms with Gasteiger partial charge in [-0.2, -0.15) is 21.0 Å². The molecule has 12 aromatic rings. The van der Waals surface area contributed by atoms with Crippen molar-refractivity contribution in [2.24, 2.45) is 22.9 Å². The number of nitriles is 4. The van der Waals surface area contributed by atoms with Gasteiger partial charge in [0.25, 0.3) is 0 Å². The van der Waals surface area contributed by atoms with Gasteiger partial charge in [-0.05, 0) is 72.8 Å². The number of thiazole rings is 4. The van der Waals surface area contributed by atoms with Crippen molar-refractivity contribution in [3.05, 3.63) is 302 Å². The van der Waals surface area contributed by atoms with Gasteiger partial charge in [-0.15, -0.1) is 161 Å². The van der Waals surface area contributed by atoms with E-state index in [0.717, 1.165) is 22.3 Å². The molecule has 8 N–H and O–H groups in total. The van der Waals surface area contributed by atoms with Gasteiger partial charge in [-0.25, -0.2) is 19.9 Å². The predicted octanol–water partition coefficient (Wildman–Crippen LogP) is 22.4. The van der Waals surface area contributed by atoms with E-state index in [9.17, 15) is 40.2 Å². The van der Waals surface area contributed by atoms with Crippen LogP contribution in [-0.4, -0.2) is 98.5 Å². The molecule has 42 heteroatoms. The molecule has 131 heavy (non-hydrogen) atoms. The summed E-state index contributed by atoms with van der Waals surface area (Å²) in [4.78, 5) is 81.1. The molecule has 8 aliphatic heterocycles. The quantitative estimate of drug-likeness (QED) is 0.119. The van der Waals surface area contributed by atoms with Crippen LogP contribution in [0, 0.1) is 45.3 Å². The van der Waals surface area contributed by atoms with Crippen LogP contribution in [0.25, 0.3) is 42.3 Å². The van der Waals surface area contributed by atoms with E-state index in [1.165, 1.54) is 64.9 Å². The maximum absolute atomic E-state index is 13.6. The fourth-order valence-corrected chi connectivity index (χ4v) is 21.3. The second kappa shape index (κ2) is 42.6. The topological polar surface area (TPSA) is 369 Å². The number of halogens is 14. The van der Waals surface area contributed by atoms with Crippen molar-refractivity contribution in [1.82, 2.24) is 19.9 Å². The number of benzene rings is 8. The number of ether oxygens (including phenoxy) is 4. The molecule has 4 atom stereocenters. The largest absolute Gasteiger partial charge is 0.421 e. The highest BCUT2D eigenvalue weighted by atomic mass is 35.5. The molecule has 4 spiro atoms. The molecule has 24 nitrogen and oxygen atoms in total. The lowest BCUT2D eigenvalue weighted by Gasteiger charge is -2.31. The van der Waals surface area contributed by atoms with Crippen LogP contribution in [0.15, 0.2) is 240 Å². The lowest BCUT2D eigenvalue weighted by atomic mass is 9.73. The van der Waals surface area contributed by atoms with E-state index in [4.69, 9.17) is 204 Å². The number of aromatic nitrogens is 4. The summed E-state index contributed by atoms with van der Waals surface area (Å²) in [6, 6.07) is 67.5. The molecule has 0 unspecified atom stereocenters. The molecule has 0 aliphatic carbocycles. The Balaban J connectivity index is 0.000000150. The van der Waals surface area contributed by atoms with Crippen LogP contribution < -0.4 is 61.5 Å². The average molecular weight is 2110 g/mol. The summed E-state index contributed by atoms with van der Waals surface area (Å²) in [7, 11) is 6.68. The molecular formula is C89H62Cl14N16O8S4. The number of fused-ring (bicyclic) bond motifs is 16. The maximum atomic E-state index is 13.6. The van der Waals surface area contributed by atoms with E-state index in [-0.39, 0.29) is 120 Å². The first-order valence-corrected chi connectivity index (χ1v) is 47.6. The average Bonchev–Trinajstić information content (AvgIpc) is 1.55. The van der Waals surface area contributed by atoms with Gasteiger partial charge in [0.1, 0.15) is 66.6 Å². The normalized spacial score (nSPS) is 18.2. The smallest absolute Gasteiger partial charge is 0.248 e. The molecule has 0 bridgehead atoms. The number of hydrogen-bond donors (Lipinski definition) is 4. The molecule has 0 saturated heterocycles. The molecule has 0 saturated carbocycles. The molecule has 4 amide bonds. The van der Waals surface area contributed by atoms with Gasteiger partial charge in [-0.3, -0.25) is 19.2 Å². The van der Waals surface area contributed by atoms with Gasteiger partial charge < -0.3 is 61.5 Å². The van der Waals surface area contributed by atoms with Crippen LogP contribution >= 0.6 is 208 Å². The zero-order valence-corrected chi connectivity index (χ0v) is 81.7. The zero-order valence-electron chi connectivity index (χ0n) is 67.9. The number of anilines is 4. The van der Waals surface area contributed by atoms with E-state index in [0.29, 0.717) is 105 Å². The number of nitrogens with zero attached hydrogens (tertiary/aromatic N) is 12. The van der Waals surface area contributed by atoms with Crippen LogP contribution in [0.1, 0.15) is 41.8 Å². The Morgan fingerprint density at radius 2 is 0.473 bits per heavy atom. The first-order valence-electron chi connectivity index (χ1n) is 37.5. The van der Waals surface area contributed by atoms with Crippen LogP contribution in [0.4, 0.5) is 22.7 Å². The predicted molar refractivity (Wildman–Crippen MR) is 525 cm³/mol. The number of nitrogens with two attached hydrogens (primary N) is 4. The van der Waals surface area contributed by atoms with Gasteiger partial charge in [0.15, 0.2) is 21.7 Å². The fourth-order valence-electron chi connectivity index (χ4n) is 15.8. The second-order valence-corrected chi connectivity index (χ2v) is 37.3. The van der Waals surface area contributed by atoms with E-state index in [1.807, 2.05) is 121 Å². The van der Waals surface area contributed by atoms with Crippen molar-refractivity contribution in [3.63, 3.8) is 0 Å². The summed E-state index contributed by atoms with van der Waals surface area (Å²) >= 11 is 78.0. The monoisotopic (exact) mass is 2100 g/mol. The van der Waals surface area contributed by atoms with Crippen LogP contribution in [0.5, 0.6) is 23.5 Å². The summed E-state index contributed by atoms with van der Waals surface area (Å²) in [5.41, 5.74) is 27.5. The molecule has 12 heterocycles. The first kappa shape index (κ1) is 99.6. The van der Waals surface area contributed by atoms with Crippen molar-refractivity contribution in [2.75, 3.05) is 74.5 Å². The van der Waals surface area contributed by atoms with Crippen LogP contribution in [-0.2, 0) is 40.8 Å². The summed E-state index contributed by atoms with van der Waals surface area (Å²) in [6.07, 6.45) is 0. The lowest BCUT2D eigenvalue weighted by Crippen LogP contribution is -2.44. The molecule has 20 rings (SSSR count). The standard InChI is InChI=1S/4C21H13ClN4O2S.5CH2Cl2/c4*1-26-15-8-7-12(22)9-13(15)21(20(26)27)14(10-23)17(24)28-18-16(21)29-19(25-18)11-5-3-2-4-6-11;5*2-1-3/h4*2-9H,24H2,1H3;5*1H2/t4*21-;;;;;/m1111...../s1. The Kier molecular flexibility index (Phi) is 32.4. The Bertz CT molecular complexity index is 5970.